The lowest BCUT2D eigenvalue weighted by Gasteiger charge is -2.19. The number of benzene rings is 1. The minimum absolute atomic E-state index is 0.160. The fourth-order valence-corrected chi connectivity index (χ4v) is 1.33. The molecule has 1 rings (SSSR count). The van der Waals surface area contributed by atoms with Crippen molar-refractivity contribution in [3.05, 3.63) is 42.5 Å². The topological polar surface area (TPSA) is 70.2 Å². The lowest BCUT2D eigenvalue weighted by atomic mass is 10.1. The lowest BCUT2D eigenvalue weighted by molar-refractivity contribution is -0.122. The molecule has 84 valence electrons. The number of amidine groups is 1. The Balaban J connectivity index is 2.95. The number of nitrogens with two attached hydrogens (primary N) is 1. The molecule has 0 saturated carbocycles. The zero-order valence-electron chi connectivity index (χ0n) is 9.23. The third-order valence-electron chi connectivity index (χ3n) is 2.21. The largest absolute Gasteiger partial charge is 0.399 e. The Morgan fingerprint density at radius 2 is 2.06 bits per heavy atom. The van der Waals surface area contributed by atoms with Gasteiger partial charge in [0, 0.05) is 17.8 Å². The van der Waals surface area contributed by atoms with E-state index in [1.807, 2.05) is 6.92 Å². The maximum Gasteiger partial charge on any atom is 0.251 e. The molecule has 1 aromatic carbocycles. The van der Waals surface area contributed by atoms with E-state index in [2.05, 4.69) is 6.58 Å². The molecule has 1 amide bonds. The minimum atomic E-state index is -0.274. The number of anilines is 1. The fraction of sp³-hybridized carbons (Fsp3) is 0.167. The predicted octanol–water partition coefficient (Wildman–Crippen LogP) is 1.63. The molecule has 0 saturated heterocycles. The summed E-state index contributed by atoms with van der Waals surface area (Å²) in [5.74, 6) is -0.114. The molecular weight excluding hydrogens is 202 g/mol. The van der Waals surface area contributed by atoms with E-state index in [9.17, 15) is 4.79 Å². The number of likely N-dealkylation sites (N-methyl/N-ethyl adjacent to an activating group) is 1. The van der Waals surface area contributed by atoms with E-state index in [0.717, 1.165) is 0 Å². The first-order valence-corrected chi connectivity index (χ1v) is 4.98. The first kappa shape index (κ1) is 12.0. The Morgan fingerprint density at radius 3 is 2.50 bits per heavy atom. The molecule has 16 heavy (non-hydrogen) atoms. The van der Waals surface area contributed by atoms with Gasteiger partial charge in [0.05, 0.1) is 0 Å². The van der Waals surface area contributed by atoms with Crippen molar-refractivity contribution in [2.24, 2.45) is 0 Å². The highest BCUT2D eigenvalue weighted by atomic mass is 16.2. The molecule has 0 aliphatic heterocycles. The highest BCUT2D eigenvalue weighted by molar-refractivity contribution is 6.09. The molecule has 0 aliphatic rings. The van der Waals surface area contributed by atoms with E-state index >= 15 is 0 Å². The predicted molar refractivity (Wildman–Crippen MR) is 65.3 cm³/mol. The number of nitrogen functional groups attached to an aromatic ring is 1. The molecule has 4 nitrogen and oxygen atoms in total. The number of nitrogens with zero attached hydrogens (tertiary/aromatic N) is 1. The highest BCUT2D eigenvalue weighted by Gasteiger charge is 2.14. The molecule has 1 aromatic rings. The molecule has 0 heterocycles. The van der Waals surface area contributed by atoms with Gasteiger partial charge >= 0.3 is 0 Å². The van der Waals surface area contributed by atoms with Gasteiger partial charge in [-0.25, -0.2) is 0 Å². The molecule has 0 atom stereocenters. The molecule has 0 aliphatic carbocycles. The zero-order valence-corrected chi connectivity index (χ0v) is 9.23. The summed E-state index contributed by atoms with van der Waals surface area (Å²) >= 11 is 0. The maximum atomic E-state index is 11.5. The summed E-state index contributed by atoms with van der Waals surface area (Å²) in [7, 11) is 0. The van der Waals surface area contributed by atoms with E-state index in [0.29, 0.717) is 17.8 Å². The van der Waals surface area contributed by atoms with Crippen LogP contribution < -0.4 is 5.73 Å². The monoisotopic (exact) mass is 217 g/mol. The van der Waals surface area contributed by atoms with Gasteiger partial charge in [-0.3, -0.25) is 15.1 Å². The lowest BCUT2D eigenvalue weighted by Crippen LogP contribution is -2.35. The molecule has 0 unspecified atom stereocenters. The molecular formula is C12H15N3O. The van der Waals surface area contributed by atoms with Crippen LogP contribution in [0.3, 0.4) is 0 Å². The Morgan fingerprint density at radius 1 is 1.50 bits per heavy atom. The smallest absolute Gasteiger partial charge is 0.251 e. The number of hydrogen-bond donors (Lipinski definition) is 2. The van der Waals surface area contributed by atoms with Gasteiger partial charge in [0.2, 0.25) is 0 Å². The van der Waals surface area contributed by atoms with Crippen LogP contribution in [0, 0.1) is 5.41 Å². The van der Waals surface area contributed by atoms with Crippen molar-refractivity contribution < 1.29 is 4.79 Å². The van der Waals surface area contributed by atoms with Crippen LogP contribution in [0.15, 0.2) is 36.9 Å². The summed E-state index contributed by atoms with van der Waals surface area (Å²) < 4.78 is 0. The third-order valence-corrected chi connectivity index (χ3v) is 2.21. The molecule has 0 fully saturated rings. The maximum absolute atomic E-state index is 11.5. The SMILES string of the molecule is C=CC(=O)N(CC)C(=N)c1ccc(N)cc1. The molecule has 4 heteroatoms. The van der Waals surface area contributed by atoms with E-state index in [4.69, 9.17) is 11.1 Å². The van der Waals surface area contributed by atoms with Crippen molar-refractivity contribution in [2.75, 3.05) is 12.3 Å². The number of hydrogen-bond acceptors (Lipinski definition) is 3. The van der Waals surface area contributed by atoms with Crippen LogP contribution >= 0.6 is 0 Å². The average Bonchev–Trinajstić information content (AvgIpc) is 2.30. The summed E-state index contributed by atoms with van der Waals surface area (Å²) in [6.07, 6.45) is 1.20. The van der Waals surface area contributed by atoms with Gasteiger partial charge in [0.15, 0.2) is 0 Å². The van der Waals surface area contributed by atoms with Crippen LogP contribution in [0.2, 0.25) is 0 Å². The van der Waals surface area contributed by atoms with Gasteiger partial charge in [-0.15, -0.1) is 0 Å². The van der Waals surface area contributed by atoms with E-state index < -0.39 is 0 Å². The van der Waals surface area contributed by atoms with E-state index in [1.165, 1.54) is 11.0 Å². The summed E-state index contributed by atoms with van der Waals surface area (Å²) in [6, 6.07) is 6.85. The average molecular weight is 217 g/mol. The molecule has 3 N–H and O–H groups in total. The number of amides is 1. The molecule has 0 spiro atoms. The summed E-state index contributed by atoms with van der Waals surface area (Å²) in [4.78, 5) is 12.8. The first-order valence-electron chi connectivity index (χ1n) is 4.98. The van der Waals surface area contributed by atoms with Gasteiger partial charge < -0.3 is 5.73 Å². The van der Waals surface area contributed by atoms with Crippen molar-refractivity contribution in [1.82, 2.24) is 4.90 Å². The van der Waals surface area contributed by atoms with Gasteiger partial charge in [-0.05, 0) is 37.3 Å². The highest BCUT2D eigenvalue weighted by Crippen LogP contribution is 2.09. The standard InChI is InChI=1S/C12H15N3O/c1-3-11(16)15(4-2)12(14)9-5-7-10(13)8-6-9/h3,5-8,14H,1,4,13H2,2H3. The number of rotatable bonds is 3. The van der Waals surface area contributed by atoms with Gasteiger partial charge in [-0.2, -0.15) is 0 Å². The van der Waals surface area contributed by atoms with Crippen molar-refractivity contribution in [2.45, 2.75) is 6.92 Å². The van der Waals surface area contributed by atoms with Crippen LogP contribution in [-0.4, -0.2) is 23.2 Å². The van der Waals surface area contributed by atoms with Crippen molar-refractivity contribution in [3.63, 3.8) is 0 Å². The second kappa shape index (κ2) is 5.11. The number of nitrogens with one attached hydrogen (secondary N) is 1. The fourth-order valence-electron chi connectivity index (χ4n) is 1.33. The molecule has 0 radical (unpaired) electrons. The van der Waals surface area contributed by atoms with Crippen molar-refractivity contribution in [3.8, 4) is 0 Å². The van der Waals surface area contributed by atoms with Crippen LogP contribution in [-0.2, 0) is 4.79 Å². The van der Waals surface area contributed by atoms with Crippen molar-refractivity contribution >= 4 is 17.4 Å². The van der Waals surface area contributed by atoms with Crippen LogP contribution in [0.1, 0.15) is 12.5 Å². The van der Waals surface area contributed by atoms with Crippen LogP contribution in [0.5, 0.6) is 0 Å². The Kier molecular flexibility index (Phi) is 3.83. The van der Waals surface area contributed by atoms with Crippen LogP contribution in [0.4, 0.5) is 5.69 Å². The second-order valence-electron chi connectivity index (χ2n) is 3.26. The van der Waals surface area contributed by atoms with E-state index in [1.54, 1.807) is 24.3 Å². The zero-order chi connectivity index (χ0) is 12.1. The second-order valence-corrected chi connectivity index (χ2v) is 3.26. The quantitative estimate of drug-likeness (QED) is 0.349. The third kappa shape index (κ3) is 2.48. The Hall–Kier alpha value is -2.10. The van der Waals surface area contributed by atoms with Gasteiger partial charge in [0.25, 0.3) is 5.91 Å². The van der Waals surface area contributed by atoms with Crippen LogP contribution in [0.25, 0.3) is 0 Å². The summed E-state index contributed by atoms with van der Waals surface area (Å²) in [6.45, 7) is 5.66. The first-order chi connectivity index (χ1) is 7.60. The minimum Gasteiger partial charge on any atom is -0.399 e. The van der Waals surface area contributed by atoms with Gasteiger partial charge in [0.1, 0.15) is 5.84 Å². The van der Waals surface area contributed by atoms with Gasteiger partial charge in [-0.1, -0.05) is 6.58 Å². The van der Waals surface area contributed by atoms with E-state index in [-0.39, 0.29) is 11.7 Å². The van der Waals surface area contributed by atoms with Crippen molar-refractivity contribution in [1.29, 1.82) is 5.41 Å². The number of carbonyl (C=O) groups excluding carboxylic acids is 1. The molecule has 0 aromatic heterocycles. The number of carbonyl (C=O) groups is 1. The normalized spacial score (nSPS) is 9.56. The Bertz CT molecular complexity index is 409. The Labute approximate surface area is 94.9 Å². The molecule has 0 bridgehead atoms. The summed E-state index contributed by atoms with van der Waals surface area (Å²) in [5, 5.41) is 7.91. The summed E-state index contributed by atoms with van der Waals surface area (Å²) in [5.41, 5.74) is 6.85.